The summed E-state index contributed by atoms with van der Waals surface area (Å²) in [5.41, 5.74) is 0. The molecule has 0 rings (SSSR count). The molecular formula is C56H99FO6. The first kappa shape index (κ1) is 60.3. The Kier molecular flexibility index (Phi) is 48.1. The first-order valence-corrected chi connectivity index (χ1v) is 26.9. The number of esters is 3. The summed E-state index contributed by atoms with van der Waals surface area (Å²) in [5.74, 6) is -3.15. The Morgan fingerprint density at radius 3 is 0.762 bits per heavy atom. The standard InChI is InChI=1S/C56H99FO6/c1-4-7-10-13-16-19-22-25-28-31-34-37-40-43-46-49-52(58)61-55(57)56(62-53(59)50-47-44-41-38-35-32-29-26-23-20-17-14-11-8-5-2)63-54(60)51-48-45-42-39-36-33-30-27-24-21-18-15-12-9-6-3/h25-30H,4-24,31-51H2,1-3H3/b28-25-,29-26-,30-27-. The van der Waals surface area contributed by atoms with Crippen molar-refractivity contribution in [3.05, 3.63) is 48.4 Å². The van der Waals surface area contributed by atoms with Crippen molar-refractivity contribution in [1.82, 2.24) is 0 Å². The molecule has 0 bridgehead atoms. The predicted octanol–water partition coefficient (Wildman–Crippen LogP) is 18.8. The van der Waals surface area contributed by atoms with Crippen molar-refractivity contribution < 1.29 is 33.0 Å². The largest absolute Gasteiger partial charge is 0.393 e. The van der Waals surface area contributed by atoms with Gasteiger partial charge in [0.2, 0.25) is 0 Å². The molecule has 0 heterocycles. The Bertz CT molecular complexity index is 1100. The van der Waals surface area contributed by atoms with Gasteiger partial charge in [-0.15, -0.1) is 0 Å². The molecule has 0 unspecified atom stereocenters. The Labute approximate surface area is 388 Å². The second-order valence-electron chi connectivity index (χ2n) is 18.0. The molecule has 0 atom stereocenters. The summed E-state index contributed by atoms with van der Waals surface area (Å²) in [7, 11) is 0. The average Bonchev–Trinajstić information content (AvgIpc) is 3.27. The maximum absolute atomic E-state index is 15.2. The molecule has 63 heavy (non-hydrogen) atoms. The number of carbonyl (C=O) groups excluding carboxylic acids is 3. The summed E-state index contributed by atoms with van der Waals surface area (Å²) in [6, 6.07) is -1.47. The lowest BCUT2D eigenvalue weighted by Crippen LogP contribution is -2.15. The highest BCUT2D eigenvalue weighted by molar-refractivity contribution is 5.74. The van der Waals surface area contributed by atoms with Crippen LogP contribution in [0.5, 0.6) is 0 Å². The fraction of sp³-hybridized carbons (Fsp3) is 0.804. The summed E-state index contributed by atoms with van der Waals surface area (Å²) in [6.45, 7) is 6.74. The molecule has 0 aromatic heterocycles. The first-order valence-electron chi connectivity index (χ1n) is 26.9. The zero-order valence-corrected chi connectivity index (χ0v) is 41.5. The Morgan fingerprint density at radius 1 is 0.302 bits per heavy atom. The molecule has 0 aliphatic heterocycles. The van der Waals surface area contributed by atoms with Gasteiger partial charge in [-0.05, 0) is 96.3 Å². The van der Waals surface area contributed by atoms with Crippen molar-refractivity contribution in [3.8, 4) is 0 Å². The Morgan fingerprint density at radius 2 is 0.508 bits per heavy atom. The van der Waals surface area contributed by atoms with E-state index in [-0.39, 0.29) is 19.3 Å². The highest BCUT2D eigenvalue weighted by atomic mass is 19.1. The van der Waals surface area contributed by atoms with Gasteiger partial charge in [0.25, 0.3) is 0 Å². The van der Waals surface area contributed by atoms with Crippen molar-refractivity contribution in [2.75, 3.05) is 0 Å². The van der Waals surface area contributed by atoms with Crippen LogP contribution in [0.25, 0.3) is 0 Å². The molecule has 0 fully saturated rings. The van der Waals surface area contributed by atoms with E-state index in [1.165, 1.54) is 116 Å². The molecule has 6 nitrogen and oxygen atoms in total. The van der Waals surface area contributed by atoms with E-state index < -0.39 is 29.9 Å². The van der Waals surface area contributed by atoms with E-state index in [2.05, 4.69) is 57.2 Å². The van der Waals surface area contributed by atoms with Crippen LogP contribution < -0.4 is 0 Å². The molecule has 0 aromatic carbocycles. The lowest BCUT2D eigenvalue weighted by atomic mass is 10.1. The van der Waals surface area contributed by atoms with Crippen LogP contribution in [0.3, 0.4) is 0 Å². The molecule has 0 saturated heterocycles. The molecule has 7 heteroatoms. The van der Waals surface area contributed by atoms with Crippen molar-refractivity contribution in [2.45, 2.75) is 290 Å². The van der Waals surface area contributed by atoms with Crippen molar-refractivity contribution in [3.63, 3.8) is 0 Å². The van der Waals surface area contributed by atoms with E-state index in [4.69, 9.17) is 14.2 Å². The van der Waals surface area contributed by atoms with E-state index in [9.17, 15) is 14.4 Å². The molecule has 0 spiro atoms. The van der Waals surface area contributed by atoms with Gasteiger partial charge in [0.1, 0.15) is 0 Å². The van der Waals surface area contributed by atoms with Crippen molar-refractivity contribution >= 4 is 17.9 Å². The van der Waals surface area contributed by atoms with Gasteiger partial charge < -0.3 is 14.2 Å². The number of carbonyl (C=O) groups is 3. The van der Waals surface area contributed by atoms with Gasteiger partial charge in [-0.25, -0.2) is 0 Å². The molecule has 0 aromatic rings. The number of halogens is 1. The van der Waals surface area contributed by atoms with Crippen LogP contribution in [0.2, 0.25) is 0 Å². The number of hydrogen-bond donors (Lipinski definition) is 0. The van der Waals surface area contributed by atoms with Gasteiger partial charge in [-0.1, -0.05) is 211 Å². The summed E-state index contributed by atoms with van der Waals surface area (Å²) in [6.07, 6.45) is 58.2. The minimum absolute atomic E-state index is 0.0323. The minimum Gasteiger partial charge on any atom is -0.393 e. The van der Waals surface area contributed by atoms with Gasteiger partial charge in [0, 0.05) is 19.3 Å². The highest BCUT2D eigenvalue weighted by Crippen LogP contribution is 2.19. The molecule has 0 aliphatic carbocycles. The normalized spacial score (nSPS) is 11.6. The third kappa shape index (κ3) is 47.1. The topological polar surface area (TPSA) is 78.9 Å². The molecule has 0 N–H and O–H groups in total. The van der Waals surface area contributed by atoms with E-state index in [0.717, 1.165) is 116 Å². The summed E-state index contributed by atoms with van der Waals surface area (Å²) >= 11 is 0. The molecular weight excluding hydrogens is 788 g/mol. The van der Waals surface area contributed by atoms with Crippen LogP contribution in [0.4, 0.5) is 4.39 Å². The van der Waals surface area contributed by atoms with Crippen LogP contribution in [-0.2, 0) is 28.6 Å². The lowest BCUT2D eigenvalue weighted by molar-refractivity contribution is -0.159. The van der Waals surface area contributed by atoms with Crippen LogP contribution in [0.15, 0.2) is 48.4 Å². The predicted molar refractivity (Wildman–Crippen MR) is 265 cm³/mol. The summed E-state index contributed by atoms with van der Waals surface area (Å²) < 4.78 is 30.5. The SMILES string of the molecule is CCCCCCCC/C=C\CCCCCCCC(=O)OC(F)=C(OC(=O)CCCCCCC/C=C\CCCCCCCC)OC(=O)CCCCCCC/C=C\CCCCCCCC. The zero-order chi connectivity index (χ0) is 45.9. The molecule has 0 amide bonds. The first-order chi connectivity index (χ1) is 30.9. The summed E-state index contributed by atoms with van der Waals surface area (Å²) in [4.78, 5) is 38.0. The van der Waals surface area contributed by atoms with E-state index in [1.54, 1.807) is 0 Å². The monoisotopic (exact) mass is 887 g/mol. The maximum atomic E-state index is 15.2. The third-order valence-electron chi connectivity index (χ3n) is 11.7. The Balaban J connectivity index is 4.61. The van der Waals surface area contributed by atoms with Gasteiger partial charge in [0.15, 0.2) is 0 Å². The molecule has 0 radical (unpaired) electrons. The van der Waals surface area contributed by atoms with Crippen molar-refractivity contribution in [1.29, 1.82) is 0 Å². The van der Waals surface area contributed by atoms with Gasteiger partial charge in [-0.2, -0.15) is 4.39 Å². The van der Waals surface area contributed by atoms with Crippen LogP contribution >= 0.6 is 0 Å². The van der Waals surface area contributed by atoms with Gasteiger partial charge in [-0.3, -0.25) is 14.4 Å². The minimum atomic E-state index is -1.47. The number of unbranched alkanes of at least 4 members (excludes halogenated alkanes) is 33. The smallest absolute Gasteiger partial charge is 0.371 e. The number of ether oxygens (including phenoxy) is 3. The highest BCUT2D eigenvalue weighted by Gasteiger charge is 2.22. The quantitative estimate of drug-likeness (QED) is 0.0262. The number of allylic oxidation sites excluding steroid dienone is 6. The zero-order valence-electron chi connectivity index (χ0n) is 41.5. The van der Waals surface area contributed by atoms with Crippen LogP contribution in [0, 0.1) is 0 Å². The average molecular weight is 887 g/mol. The molecule has 0 aliphatic rings. The fourth-order valence-corrected chi connectivity index (χ4v) is 7.62. The van der Waals surface area contributed by atoms with Crippen LogP contribution in [0.1, 0.15) is 290 Å². The Hall–Kier alpha value is -2.70. The fourth-order valence-electron chi connectivity index (χ4n) is 7.62. The maximum Gasteiger partial charge on any atom is 0.371 e. The molecule has 0 saturated carbocycles. The van der Waals surface area contributed by atoms with Crippen molar-refractivity contribution in [2.24, 2.45) is 0 Å². The van der Waals surface area contributed by atoms with E-state index in [0.29, 0.717) is 19.3 Å². The van der Waals surface area contributed by atoms with Gasteiger partial charge in [0.05, 0.1) is 0 Å². The lowest BCUT2D eigenvalue weighted by Gasteiger charge is -2.11. The summed E-state index contributed by atoms with van der Waals surface area (Å²) in [5, 5.41) is 0. The van der Waals surface area contributed by atoms with Gasteiger partial charge >= 0.3 is 29.9 Å². The number of hydrogen-bond acceptors (Lipinski definition) is 6. The van der Waals surface area contributed by atoms with Crippen LogP contribution in [-0.4, -0.2) is 17.9 Å². The second-order valence-corrected chi connectivity index (χ2v) is 18.0. The van der Waals surface area contributed by atoms with E-state index >= 15 is 4.39 Å². The van der Waals surface area contributed by atoms with E-state index in [1.807, 2.05) is 0 Å². The third-order valence-corrected chi connectivity index (χ3v) is 11.7. The molecule has 366 valence electrons. The number of rotatable bonds is 48. The second kappa shape index (κ2) is 50.3.